The molecular formula is C17H16INO4. The summed E-state index contributed by atoms with van der Waals surface area (Å²) in [5.74, 6) is -0.214. The molecule has 0 spiro atoms. The largest absolute Gasteiger partial charge is 0.496 e. The van der Waals surface area contributed by atoms with Gasteiger partial charge in [0.2, 0.25) is 0 Å². The molecule has 2 aromatic carbocycles. The Morgan fingerprint density at radius 3 is 2.39 bits per heavy atom. The molecule has 0 fully saturated rings. The number of nitrogens with one attached hydrogen (secondary N) is 1. The summed E-state index contributed by atoms with van der Waals surface area (Å²) >= 11 is 2.18. The molecule has 0 saturated carbocycles. The van der Waals surface area contributed by atoms with Gasteiger partial charge in [0.15, 0.2) is 0 Å². The highest BCUT2D eigenvalue weighted by molar-refractivity contribution is 14.1. The van der Waals surface area contributed by atoms with Crippen molar-refractivity contribution in [2.45, 2.75) is 6.54 Å². The van der Waals surface area contributed by atoms with Crippen LogP contribution in [0.3, 0.4) is 0 Å². The van der Waals surface area contributed by atoms with Crippen molar-refractivity contribution in [2.24, 2.45) is 0 Å². The van der Waals surface area contributed by atoms with Crippen LogP contribution in [0, 0.1) is 3.57 Å². The normalized spacial score (nSPS) is 10.0. The van der Waals surface area contributed by atoms with Crippen LogP contribution in [-0.4, -0.2) is 26.1 Å². The summed E-state index contributed by atoms with van der Waals surface area (Å²) in [4.78, 5) is 23.8. The Hall–Kier alpha value is -2.09. The van der Waals surface area contributed by atoms with E-state index in [9.17, 15) is 9.59 Å². The molecule has 0 aliphatic rings. The number of carbonyl (C=O) groups is 2. The first-order chi connectivity index (χ1) is 11.0. The molecular weight excluding hydrogens is 409 g/mol. The third-order valence-corrected chi connectivity index (χ3v) is 3.95. The van der Waals surface area contributed by atoms with E-state index in [1.165, 1.54) is 14.2 Å². The van der Waals surface area contributed by atoms with Crippen molar-refractivity contribution in [3.8, 4) is 5.75 Å². The average Bonchev–Trinajstić information content (AvgIpc) is 2.59. The molecule has 0 radical (unpaired) electrons. The number of benzene rings is 2. The van der Waals surface area contributed by atoms with Gasteiger partial charge in [-0.3, -0.25) is 4.79 Å². The van der Waals surface area contributed by atoms with Crippen LogP contribution in [0.15, 0.2) is 42.5 Å². The predicted octanol–water partition coefficient (Wildman–Crippen LogP) is 3.02. The molecule has 0 atom stereocenters. The first-order valence-electron chi connectivity index (χ1n) is 6.84. The summed E-state index contributed by atoms with van der Waals surface area (Å²) < 4.78 is 10.9. The fourth-order valence-corrected chi connectivity index (χ4v) is 2.38. The molecule has 0 saturated heterocycles. The zero-order chi connectivity index (χ0) is 16.8. The lowest BCUT2D eigenvalue weighted by Crippen LogP contribution is -2.23. The summed E-state index contributed by atoms with van der Waals surface area (Å²) in [6, 6.07) is 12.4. The van der Waals surface area contributed by atoms with Gasteiger partial charge in [-0.05, 0) is 64.6 Å². The first-order valence-corrected chi connectivity index (χ1v) is 7.92. The van der Waals surface area contributed by atoms with Crippen LogP contribution in [0.5, 0.6) is 5.75 Å². The highest BCUT2D eigenvalue weighted by Crippen LogP contribution is 2.20. The molecule has 0 bridgehead atoms. The number of amides is 1. The molecule has 0 heterocycles. The van der Waals surface area contributed by atoms with Crippen molar-refractivity contribution in [3.63, 3.8) is 0 Å². The molecule has 6 heteroatoms. The first kappa shape index (κ1) is 17.3. The van der Waals surface area contributed by atoms with E-state index in [2.05, 4.69) is 27.9 Å². The third kappa shape index (κ3) is 4.44. The smallest absolute Gasteiger partial charge is 0.341 e. The molecule has 0 aliphatic heterocycles. The third-order valence-electron chi connectivity index (χ3n) is 3.23. The van der Waals surface area contributed by atoms with Gasteiger partial charge in [0.25, 0.3) is 5.91 Å². The Morgan fingerprint density at radius 2 is 1.78 bits per heavy atom. The minimum absolute atomic E-state index is 0.170. The zero-order valence-electron chi connectivity index (χ0n) is 12.8. The Morgan fingerprint density at radius 1 is 1.09 bits per heavy atom. The van der Waals surface area contributed by atoms with Crippen molar-refractivity contribution < 1.29 is 19.1 Å². The monoisotopic (exact) mass is 425 g/mol. The number of halogens is 1. The van der Waals surface area contributed by atoms with Gasteiger partial charge >= 0.3 is 5.97 Å². The van der Waals surface area contributed by atoms with Gasteiger partial charge in [0, 0.05) is 15.7 Å². The lowest BCUT2D eigenvalue weighted by Gasteiger charge is -2.10. The quantitative estimate of drug-likeness (QED) is 0.591. The Balaban J connectivity index is 2.09. The van der Waals surface area contributed by atoms with Gasteiger partial charge in [0.1, 0.15) is 11.3 Å². The highest BCUT2D eigenvalue weighted by atomic mass is 127. The zero-order valence-corrected chi connectivity index (χ0v) is 14.9. The van der Waals surface area contributed by atoms with E-state index in [0.717, 1.165) is 9.13 Å². The molecule has 2 rings (SSSR count). The highest BCUT2D eigenvalue weighted by Gasteiger charge is 2.14. The molecule has 2 aromatic rings. The second-order valence-corrected chi connectivity index (χ2v) is 5.96. The number of hydrogen-bond donors (Lipinski definition) is 1. The maximum Gasteiger partial charge on any atom is 0.341 e. The molecule has 5 nitrogen and oxygen atoms in total. The Bertz CT molecular complexity index is 713. The minimum atomic E-state index is -0.479. The molecule has 23 heavy (non-hydrogen) atoms. The van der Waals surface area contributed by atoms with E-state index in [0.29, 0.717) is 23.4 Å². The number of ether oxygens (including phenoxy) is 2. The Labute approximate surface area is 148 Å². The summed E-state index contributed by atoms with van der Waals surface area (Å²) in [5, 5.41) is 2.82. The fourth-order valence-electron chi connectivity index (χ4n) is 2.02. The van der Waals surface area contributed by atoms with E-state index in [4.69, 9.17) is 9.47 Å². The molecule has 0 aliphatic carbocycles. The van der Waals surface area contributed by atoms with Crippen molar-refractivity contribution in [3.05, 3.63) is 62.7 Å². The fraction of sp³-hybridized carbons (Fsp3) is 0.176. The van der Waals surface area contributed by atoms with Crippen LogP contribution in [0.2, 0.25) is 0 Å². The summed E-state index contributed by atoms with van der Waals surface area (Å²) in [5.41, 5.74) is 1.70. The van der Waals surface area contributed by atoms with E-state index >= 15 is 0 Å². The number of esters is 1. The topological polar surface area (TPSA) is 64.6 Å². The van der Waals surface area contributed by atoms with Crippen molar-refractivity contribution in [1.29, 1.82) is 0 Å². The van der Waals surface area contributed by atoms with Crippen LogP contribution in [0.4, 0.5) is 0 Å². The lowest BCUT2D eigenvalue weighted by atomic mass is 10.1. The van der Waals surface area contributed by atoms with Gasteiger partial charge in [0.05, 0.1) is 14.2 Å². The Kier molecular flexibility index (Phi) is 5.97. The number of carbonyl (C=O) groups excluding carboxylic acids is 2. The van der Waals surface area contributed by atoms with Gasteiger partial charge in [-0.15, -0.1) is 0 Å². The average molecular weight is 425 g/mol. The maximum atomic E-state index is 12.1. The standard InChI is InChI=1S/C17H16INO4/c1-22-15-8-3-11(9-14(15)17(21)23-2)10-19-16(20)12-4-6-13(18)7-5-12/h3-9H,10H2,1-2H3,(H,19,20). The van der Waals surface area contributed by atoms with Gasteiger partial charge in [-0.1, -0.05) is 6.07 Å². The summed E-state index contributed by atoms with van der Waals surface area (Å²) in [7, 11) is 2.80. The van der Waals surface area contributed by atoms with E-state index in [1.54, 1.807) is 30.3 Å². The summed E-state index contributed by atoms with van der Waals surface area (Å²) in [6.45, 7) is 0.304. The molecule has 120 valence electrons. The van der Waals surface area contributed by atoms with Crippen molar-refractivity contribution in [2.75, 3.05) is 14.2 Å². The molecule has 1 amide bonds. The predicted molar refractivity (Wildman–Crippen MR) is 94.7 cm³/mol. The van der Waals surface area contributed by atoms with Crippen LogP contribution in [0.25, 0.3) is 0 Å². The van der Waals surface area contributed by atoms with E-state index in [1.807, 2.05) is 12.1 Å². The van der Waals surface area contributed by atoms with Crippen LogP contribution in [0.1, 0.15) is 26.3 Å². The SMILES string of the molecule is COC(=O)c1cc(CNC(=O)c2ccc(I)cc2)ccc1OC. The van der Waals surface area contributed by atoms with E-state index < -0.39 is 5.97 Å². The van der Waals surface area contributed by atoms with Crippen LogP contribution < -0.4 is 10.1 Å². The number of hydrogen-bond acceptors (Lipinski definition) is 4. The van der Waals surface area contributed by atoms with Crippen molar-refractivity contribution in [1.82, 2.24) is 5.32 Å². The lowest BCUT2D eigenvalue weighted by molar-refractivity contribution is 0.0597. The minimum Gasteiger partial charge on any atom is -0.496 e. The van der Waals surface area contributed by atoms with Crippen molar-refractivity contribution >= 4 is 34.5 Å². The van der Waals surface area contributed by atoms with Crippen LogP contribution in [-0.2, 0) is 11.3 Å². The number of methoxy groups -OCH3 is 2. The second-order valence-electron chi connectivity index (χ2n) is 4.72. The maximum absolute atomic E-state index is 12.1. The van der Waals surface area contributed by atoms with Crippen LogP contribution >= 0.6 is 22.6 Å². The summed E-state index contributed by atoms with van der Waals surface area (Å²) in [6.07, 6.45) is 0. The molecule has 0 aromatic heterocycles. The van der Waals surface area contributed by atoms with Gasteiger partial charge < -0.3 is 14.8 Å². The van der Waals surface area contributed by atoms with Gasteiger partial charge in [-0.2, -0.15) is 0 Å². The number of rotatable bonds is 5. The van der Waals surface area contributed by atoms with E-state index in [-0.39, 0.29) is 5.91 Å². The van der Waals surface area contributed by atoms with Gasteiger partial charge in [-0.25, -0.2) is 4.79 Å². The second kappa shape index (κ2) is 7.96. The molecule has 0 unspecified atom stereocenters. The molecule has 1 N–H and O–H groups in total.